The van der Waals surface area contributed by atoms with E-state index < -0.39 is 25.1 Å². The SMILES string of the molecule is N#CCC(=O)CC(F)F. The number of carbonyl (C=O) groups is 1. The third kappa shape index (κ3) is 4.88. The van der Waals surface area contributed by atoms with Gasteiger partial charge in [0.1, 0.15) is 0 Å². The van der Waals surface area contributed by atoms with Gasteiger partial charge in [-0.1, -0.05) is 0 Å². The average molecular weight is 133 g/mol. The molecule has 0 atom stereocenters. The van der Waals surface area contributed by atoms with Gasteiger partial charge in [0.05, 0.1) is 18.9 Å². The lowest BCUT2D eigenvalue weighted by Crippen LogP contribution is -2.02. The van der Waals surface area contributed by atoms with Crippen LogP contribution >= 0.6 is 0 Å². The maximum atomic E-state index is 11.3. The molecular formula is C5H5F2NO. The molecule has 0 aliphatic rings. The third-order valence-electron chi connectivity index (χ3n) is 0.658. The fourth-order valence-electron chi connectivity index (χ4n) is 0.332. The number of hydrogen-bond donors (Lipinski definition) is 0. The van der Waals surface area contributed by atoms with Crippen molar-refractivity contribution in [1.29, 1.82) is 5.26 Å². The zero-order valence-corrected chi connectivity index (χ0v) is 4.60. The van der Waals surface area contributed by atoms with Crippen molar-refractivity contribution in [3.05, 3.63) is 0 Å². The summed E-state index contributed by atoms with van der Waals surface area (Å²) in [5.41, 5.74) is 0. The first kappa shape index (κ1) is 8.02. The average Bonchev–Trinajstić information content (AvgIpc) is 1.63. The van der Waals surface area contributed by atoms with Crippen LogP contribution in [0.3, 0.4) is 0 Å². The van der Waals surface area contributed by atoms with Gasteiger partial charge in [-0.05, 0) is 0 Å². The normalized spacial score (nSPS) is 9.11. The first-order chi connectivity index (χ1) is 4.16. The van der Waals surface area contributed by atoms with E-state index in [4.69, 9.17) is 5.26 Å². The largest absolute Gasteiger partial charge is 0.298 e. The Morgan fingerprint density at radius 2 is 2.22 bits per heavy atom. The Bertz CT molecular complexity index is 138. The number of ketones is 1. The minimum atomic E-state index is -2.62. The van der Waals surface area contributed by atoms with E-state index in [1.165, 1.54) is 6.07 Å². The molecule has 0 fully saturated rings. The standard InChI is InChI=1S/C5H5F2NO/c6-5(7)3-4(9)1-2-8/h5H,1,3H2. The summed E-state index contributed by atoms with van der Waals surface area (Å²) < 4.78 is 22.6. The van der Waals surface area contributed by atoms with Crippen molar-refractivity contribution in [1.82, 2.24) is 0 Å². The van der Waals surface area contributed by atoms with Crippen LogP contribution in [0.4, 0.5) is 8.78 Å². The molecule has 0 N–H and O–H groups in total. The topological polar surface area (TPSA) is 40.9 Å². The van der Waals surface area contributed by atoms with Gasteiger partial charge in [0, 0.05) is 0 Å². The van der Waals surface area contributed by atoms with E-state index in [9.17, 15) is 13.6 Å². The summed E-state index contributed by atoms with van der Waals surface area (Å²) in [7, 11) is 0. The number of nitrogens with zero attached hydrogens (tertiary/aromatic N) is 1. The quantitative estimate of drug-likeness (QED) is 0.578. The predicted molar refractivity (Wildman–Crippen MR) is 25.9 cm³/mol. The summed E-state index contributed by atoms with van der Waals surface area (Å²) >= 11 is 0. The molecule has 0 heterocycles. The predicted octanol–water partition coefficient (Wildman–Crippen LogP) is 1.12. The van der Waals surface area contributed by atoms with E-state index in [1.54, 1.807) is 0 Å². The summed E-state index contributed by atoms with van der Waals surface area (Å²) in [6.07, 6.45) is -3.83. The van der Waals surface area contributed by atoms with Crippen molar-refractivity contribution in [3.8, 4) is 6.07 Å². The smallest absolute Gasteiger partial charge is 0.245 e. The van der Waals surface area contributed by atoms with Gasteiger partial charge in [-0.25, -0.2) is 8.78 Å². The zero-order valence-electron chi connectivity index (χ0n) is 4.60. The highest BCUT2D eigenvalue weighted by molar-refractivity contribution is 5.80. The van der Waals surface area contributed by atoms with Crippen LogP contribution in [0.2, 0.25) is 0 Å². The first-order valence-corrected chi connectivity index (χ1v) is 2.33. The Kier molecular flexibility index (Phi) is 3.52. The molecule has 50 valence electrons. The van der Waals surface area contributed by atoms with Crippen LogP contribution in [0.1, 0.15) is 12.8 Å². The second-order valence-electron chi connectivity index (χ2n) is 1.47. The molecule has 0 saturated heterocycles. The maximum absolute atomic E-state index is 11.3. The summed E-state index contributed by atoms with van der Waals surface area (Å²) in [5.74, 6) is -0.701. The van der Waals surface area contributed by atoms with E-state index in [2.05, 4.69) is 0 Å². The molecule has 0 aromatic rings. The van der Waals surface area contributed by atoms with E-state index in [1.807, 2.05) is 0 Å². The minimum absolute atomic E-state index is 0.412. The van der Waals surface area contributed by atoms with Gasteiger partial charge in [0.15, 0.2) is 5.78 Å². The fraction of sp³-hybridized carbons (Fsp3) is 0.600. The lowest BCUT2D eigenvalue weighted by molar-refractivity contribution is -0.120. The first-order valence-electron chi connectivity index (χ1n) is 2.33. The van der Waals surface area contributed by atoms with Gasteiger partial charge >= 0.3 is 0 Å². The summed E-state index contributed by atoms with van der Waals surface area (Å²) in [5, 5.41) is 7.83. The van der Waals surface area contributed by atoms with E-state index >= 15 is 0 Å². The van der Waals surface area contributed by atoms with Gasteiger partial charge in [0.25, 0.3) is 0 Å². The molecule has 4 heteroatoms. The van der Waals surface area contributed by atoms with Crippen LogP contribution in [0, 0.1) is 11.3 Å². The molecule has 0 rings (SSSR count). The third-order valence-corrected chi connectivity index (χ3v) is 0.658. The number of hydrogen-bond acceptors (Lipinski definition) is 2. The van der Waals surface area contributed by atoms with Crippen LogP contribution in [-0.4, -0.2) is 12.2 Å². The van der Waals surface area contributed by atoms with Crippen molar-refractivity contribution >= 4 is 5.78 Å². The highest BCUT2D eigenvalue weighted by Gasteiger charge is 2.08. The van der Waals surface area contributed by atoms with Crippen molar-refractivity contribution in [2.75, 3.05) is 0 Å². The van der Waals surface area contributed by atoms with Crippen LogP contribution in [0.15, 0.2) is 0 Å². The Morgan fingerprint density at radius 3 is 2.56 bits per heavy atom. The van der Waals surface area contributed by atoms with Crippen molar-refractivity contribution in [2.24, 2.45) is 0 Å². The number of Topliss-reactive ketones (excluding diaryl/α,β-unsaturated/α-hetero) is 1. The highest BCUT2D eigenvalue weighted by atomic mass is 19.3. The van der Waals surface area contributed by atoms with Gasteiger partial charge in [-0.15, -0.1) is 0 Å². The molecular weight excluding hydrogens is 128 g/mol. The van der Waals surface area contributed by atoms with Crippen LogP contribution in [0.25, 0.3) is 0 Å². The molecule has 0 saturated carbocycles. The highest BCUT2D eigenvalue weighted by Crippen LogP contribution is 2.00. The van der Waals surface area contributed by atoms with Gasteiger partial charge in [-0.2, -0.15) is 5.26 Å². The number of rotatable bonds is 3. The Labute approximate surface area is 51.1 Å². The maximum Gasteiger partial charge on any atom is 0.245 e. The van der Waals surface area contributed by atoms with Crippen LogP contribution in [0.5, 0.6) is 0 Å². The van der Waals surface area contributed by atoms with Gasteiger partial charge in [0.2, 0.25) is 6.43 Å². The molecule has 9 heavy (non-hydrogen) atoms. The van der Waals surface area contributed by atoms with E-state index in [0.29, 0.717) is 0 Å². The molecule has 0 aliphatic carbocycles. The van der Waals surface area contributed by atoms with Crippen LogP contribution < -0.4 is 0 Å². The molecule has 0 radical (unpaired) electrons. The Balaban J connectivity index is 3.42. The Morgan fingerprint density at radius 1 is 1.67 bits per heavy atom. The molecule has 2 nitrogen and oxygen atoms in total. The lowest BCUT2D eigenvalue weighted by Gasteiger charge is -1.91. The van der Waals surface area contributed by atoms with Crippen LogP contribution in [-0.2, 0) is 4.79 Å². The second kappa shape index (κ2) is 3.96. The molecule has 0 aromatic heterocycles. The fourth-order valence-corrected chi connectivity index (χ4v) is 0.332. The van der Waals surface area contributed by atoms with Crippen molar-refractivity contribution < 1.29 is 13.6 Å². The van der Waals surface area contributed by atoms with Gasteiger partial charge < -0.3 is 0 Å². The van der Waals surface area contributed by atoms with E-state index in [0.717, 1.165) is 0 Å². The molecule has 0 spiro atoms. The van der Waals surface area contributed by atoms with Crippen molar-refractivity contribution in [2.45, 2.75) is 19.3 Å². The number of nitriles is 1. The van der Waals surface area contributed by atoms with Crippen molar-refractivity contribution in [3.63, 3.8) is 0 Å². The lowest BCUT2D eigenvalue weighted by atomic mass is 10.2. The number of alkyl halides is 2. The molecule has 0 aliphatic heterocycles. The molecule has 0 amide bonds. The molecule has 0 unspecified atom stereocenters. The second-order valence-corrected chi connectivity index (χ2v) is 1.47. The van der Waals surface area contributed by atoms with E-state index in [-0.39, 0.29) is 0 Å². The summed E-state index contributed by atoms with van der Waals surface area (Å²) in [6.45, 7) is 0. The molecule has 0 bridgehead atoms. The summed E-state index contributed by atoms with van der Waals surface area (Å²) in [6, 6.07) is 1.49. The number of halogens is 2. The minimum Gasteiger partial charge on any atom is -0.298 e. The molecule has 0 aromatic carbocycles. The monoisotopic (exact) mass is 133 g/mol. The number of carbonyl (C=O) groups excluding carboxylic acids is 1. The Hall–Kier alpha value is -0.980. The summed E-state index contributed by atoms with van der Waals surface area (Å²) in [4.78, 5) is 10.2. The van der Waals surface area contributed by atoms with Gasteiger partial charge in [-0.3, -0.25) is 4.79 Å². The zero-order chi connectivity index (χ0) is 7.28.